The smallest absolute Gasteiger partial charge is 0.0963 e. The molecule has 0 aromatic carbocycles. The zero-order chi connectivity index (χ0) is 14.2. The Morgan fingerprint density at radius 2 is 2.05 bits per heavy atom. The minimum atomic E-state index is 0.734. The molecule has 1 aromatic rings. The lowest BCUT2D eigenvalue weighted by Gasteiger charge is -2.15. The van der Waals surface area contributed by atoms with Gasteiger partial charge in [-0.15, -0.1) is 0 Å². The van der Waals surface area contributed by atoms with Crippen molar-refractivity contribution in [3.63, 3.8) is 0 Å². The third kappa shape index (κ3) is 4.49. The minimum Gasteiger partial charge on any atom is -0.498 e. The summed E-state index contributed by atoms with van der Waals surface area (Å²) in [7, 11) is 0. The molecule has 2 rings (SSSR count). The maximum Gasteiger partial charge on any atom is 0.0963 e. The largest absolute Gasteiger partial charge is 0.498 e. The number of pyridine rings is 1. The number of aryl methyl sites for hydroxylation is 1. The summed E-state index contributed by atoms with van der Waals surface area (Å²) in [6.45, 7) is 6.35. The maximum atomic E-state index is 5.75. The Morgan fingerprint density at radius 3 is 2.70 bits per heavy atom. The molecular weight excluding hydrogens is 250 g/mol. The highest BCUT2D eigenvalue weighted by atomic mass is 16.5. The average Bonchev–Trinajstić information content (AvgIpc) is 2.49. The molecule has 1 aliphatic rings. The second kappa shape index (κ2) is 7.85. The predicted molar refractivity (Wildman–Crippen MR) is 81.3 cm³/mol. The summed E-state index contributed by atoms with van der Waals surface area (Å²) < 4.78 is 11.0. The molecule has 20 heavy (non-hydrogen) atoms. The van der Waals surface area contributed by atoms with Crippen LogP contribution in [0.1, 0.15) is 37.4 Å². The van der Waals surface area contributed by atoms with Crippen LogP contribution in [0.4, 0.5) is 0 Å². The molecule has 0 N–H and O–H groups in total. The first-order valence-electron chi connectivity index (χ1n) is 7.33. The molecule has 0 aliphatic heterocycles. The molecule has 0 radical (unpaired) electrons. The van der Waals surface area contributed by atoms with E-state index in [1.807, 2.05) is 13.1 Å². The van der Waals surface area contributed by atoms with Crippen LogP contribution in [-0.4, -0.2) is 24.8 Å². The van der Waals surface area contributed by atoms with Crippen molar-refractivity contribution in [2.45, 2.75) is 33.1 Å². The molecule has 3 heteroatoms. The van der Waals surface area contributed by atoms with E-state index in [4.69, 9.17) is 9.47 Å². The van der Waals surface area contributed by atoms with E-state index in [9.17, 15) is 0 Å². The van der Waals surface area contributed by atoms with Crippen LogP contribution in [0.25, 0.3) is 5.57 Å². The van der Waals surface area contributed by atoms with Gasteiger partial charge in [-0.1, -0.05) is 12.1 Å². The van der Waals surface area contributed by atoms with E-state index in [1.54, 1.807) is 0 Å². The number of ether oxygens (including phenoxy) is 2. The van der Waals surface area contributed by atoms with Crippen molar-refractivity contribution >= 4 is 5.57 Å². The first-order valence-corrected chi connectivity index (χ1v) is 7.33. The van der Waals surface area contributed by atoms with Gasteiger partial charge in [0.15, 0.2) is 0 Å². The van der Waals surface area contributed by atoms with Gasteiger partial charge in [0.05, 0.1) is 18.1 Å². The van der Waals surface area contributed by atoms with E-state index >= 15 is 0 Å². The fourth-order valence-electron chi connectivity index (χ4n) is 2.12. The van der Waals surface area contributed by atoms with Crippen LogP contribution in [-0.2, 0) is 9.47 Å². The molecule has 1 aromatic heterocycles. The Labute approximate surface area is 121 Å². The lowest BCUT2D eigenvalue weighted by atomic mass is 10.00. The monoisotopic (exact) mass is 273 g/mol. The second-order valence-corrected chi connectivity index (χ2v) is 4.94. The van der Waals surface area contributed by atoms with Gasteiger partial charge in [0.2, 0.25) is 0 Å². The van der Waals surface area contributed by atoms with Crippen LogP contribution in [0.2, 0.25) is 0 Å². The summed E-state index contributed by atoms with van der Waals surface area (Å²) in [6.07, 6.45) is 9.00. The quantitative estimate of drug-likeness (QED) is 0.706. The molecule has 0 fully saturated rings. The van der Waals surface area contributed by atoms with Crippen molar-refractivity contribution in [3.05, 3.63) is 47.5 Å². The van der Waals surface area contributed by atoms with Crippen molar-refractivity contribution in [2.75, 3.05) is 19.8 Å². The molecule has 0 atom stereocenters. The summed E-state index contributed by atoms with van der Waals surface area (Å²) >= 11 is 0. The Kier molecular flexibility index (Phi) is 5.81. The van der Waals surface area contributed by atoms with E-state index in [0.717, 1.165) is 50.5 Å². The lowest BCUT2D eigenvalue weighted by molar-refractivity contribution is 0.113. The summed E-state index contributed by atoms with van der Waals surface area (Å²) in [6, 6.07) is 4.19. The molecule has 108 valence electrons. The van der Waals surface area contributed by atoms with Crippen molar-refractivity contribution in [2.24, 2.45) is 0 Å². The van der Waals surface area contributed by atoms with Gasteiger partial charge in [-0.3, -0.25) is 4.98 Å². The van der Waals surface area contributed by atoms with E-state index < -0.39 is 0 Å². The molecule has 1 aliphatic carbocycles. The standard InChI is InChI=1S/C17H23NO2/c1-3-19-11-4-12-20-16-8-6-15(7-9-16)17-10-5-14(2)13-18-17/h5-6,8,10,13H,3-4,7,9,11-12H2,1-2H3. The van der Waals surface area contributed by atoms with Gasteiger partial charge in [0, 0.05) is 32.3 Å². The molecule has 0 unspecified atom stereocenters. The Balaban J connectivity index is 1.83. The molecule has 3 nitrogen and oxygen atoms in total. The third-order valence-electron chi connectivity index (χ3n) is 3.28. The van der Waals surface area contributed by atoms with Crippen LogP contribution in [0, 0.1) is 6.92 Å². The second-order valence-electron chi connectivity index (χ2n) is 4.94. The van der Waals surface area contributed by atoms with Gasteiger partial charge in [0.1, 0.15) is 0 Å². The number of hydrogen-bond donors (Lipinski definition) is 0. The number of allylic oxidation sites excluding steroid dienone is 4. The fourth-order valence-corrected chi connectivity index (χ4v) is 2.12. The molecular formula is C17H23NO2. The molecule has 0 spiro atoms. The molecule has 0 amide bonds. The first kappa shape index (κ1) is 14.8. The van der Waals surface area contributed by atoms with Crippen molar-refractivity contribution in [1.82, 2.24) is 4.98 Å². The molecule has 0 bridgehead atoms. The topological polar surface area (TPSA) is 31.4 Å². The zero-order valence-electron chi connectivity index (χ0n) is 12.4. The first-order chi connectivity index (χ1) is 9.79. The molecule has 0 saturated carbocycles. The highest BCUT2D eigenvalue weighted by Crippen LogP contribution is 2.26. The van der Waals surface area contributed by atoms with Gasteiger partial charge < -0.3 is 9.47 Å². The average molecular weight is 273 g/mol. The SMILES string of the molecule is CCOCCCOC1=CC=C(c2ccc(C)cn2)CC1. The van der Waals surface area contributed by atoms with Crippen LogP contribution in [0.15, 0.2) is 36.2 Å². The highest BCUT2D eigenvalue weighted by Gasteiger charge is 2.10. The van der Waals surface area contributed by atoms with Crippen molar-refractivity contribution in [3.8, 4) is 0 Å². The maximum absolute atomic E-state index is 5.75. The molecule has 1 heterocycles. The van der Waals surface area contributed by atoms with Crippen LogP contribution >= 0.6 is 0 Å². The predicted octanol–water partition coefficient (Wildman–Crippen LogP) is 3.89. The fraction of sp³-hybridized carbons (Fsp3) is 0.471. The van der Waals surface area contributed by atoms with Gasteiger partial charge in [-0.05, 0) is 43.5 Å². The summed E-state index contributed by atoms with van der Waals surface area (Å²) in [5.41, 5.74) is 3.55. The Bertz CT molecular complexity index is 474. The summed E-state index contributed by atoms with van der Waals surface area (Å²) in [5.74, 6) is 1.07. The van der Waals surface area contributed by atoms with E-state index in [2.05, 4.69) is 36.2 Å². The molecule has 0 saturated heterocycles. The van der Waals surface area contributed by atoms with E-state index in [0.29, 0.717) is 0 Å². The third-order valence-corrected chi connectivity index (χ3v) is 3.28. The van der Waals surface area contributed by atoms with Crippen molar-refractivity contribution < 1.29 is 9.47 Å². The van der Waals surface area contributed by atoms with Gasteiger partial charge in [0.25, 0.3) is 0 Å². The Hall–Kier alpha value is -1.61. The summed E-state index contributed by atoms with van der Waals surface area (Å²) in [4.78, 5) is 4.47. The highest BCUT2D eigenvalue weighted by molar-refractivity contribution is 5.65. The summed E-state index contributed by atoms with van der Waals surface area (Å²) in [5, 5.41) is 0. The number of aromatic nitrogens is 1. The van der Waals surface area contributed by atoms with Crippen molar-refractivity contribution in [1.29, 1.82) is 0 Å². The van der Waals surface area contributed by atoms with Gasteiger partial charge >= 0.3 is 0 Å². The minimum absolute atomic E-state index is 0.734. The van der Waals surface area contributed by atoms with Gasteiger partial charge in [-0.25, -0.2) is 0 Å². The normalized spacial score (nSPS) is 14.7. The van der Waals surface area contributed by atoms with Crippen LogP contribution in [0.3, 0.4) is 0 Å². The van der Waals surface area contributed by atoms with E-state index in [-0.39, 0.29) is 0 Å². The Morgan fingerprint density at radius 1 is 1.15 bits per heavy atom. The van der Waals surface area contributed by atoms with Gasteiger partial charge in [-0.2, -0.15) is 0 Å². The number of rotatable bonds is 7. The van der Waals surface area contributed by atoms with E-state index in [1.165, 1.54) is 11.1 Å². The van der Waals surface area contributed by atoms with Crippen LogP contribution in [0.5, 0.6) is 0 Å². The number of hydrogen-bond acceptors (Lipinski definition) is 3. The zero-order valence-corrected chi connectivity index (χ0v) is 12.4. The lowest BCUT2D eigenvalue weighted by Crippen LogP contribution is -2.03. The van der Waals surface area contributed by atoms with Crippen LogP contribution < -0.4 is 0 Å². The number of nitrogens with zero attached hydrogens (tertiary/aromatic N) is 1.